The molecule has 0 radical (unpaired) electrons. The smallest absolute Gasteiger partial charge is 0.239 e. The van der Waals surface area contributed by atoms with Crippen molar-refractivity contribution in [2.45, 2.75) is 13.8 Å². The van der Waals surface area contributed by atoms with Crippen molar-refractivity contribution in [1.29, 1.82) is 0 Å². The highest BCUT2D eigenvalue weighted by molar-refractivity contribution is 5.94. The number of carbonyl (C=O) groups is 1. The number of nitrogens with zero attached hydrogens (tertiary/aromatic N) is 5. The normalized spacial score (nSPS) is 11.2. The first kappa shape index (κ1) is 17.0. The van der Waals surface area contributed by atoms with Gasteiger partial charge in [0, 0.05) is 24.2 Å². The lowest BCUT2D eigenvalue weighted by Crippen LogP contribution is -2.33. The minimum atomic E-state index is -0.0550. The number of benzene rings is 1. The zero-order chi connectivity index (χ0) is 17.8. The van der Waals surface area contributed by atoms with Gasteiger partial charge in [-0.2, -0.15) is 0 Å². The van der Waals surface area contributed by atoms with Crippen molar-refractivity contribution in [3.05, 3.63) is 36.7 Å². The van der Waals surface area contributed by atoms with E-state index in [1.54, 1.807) is 10.9 Å². The summed E-state index contributed by atoms with van der Waals surface area (Å²) in [5.74, 6) is 0.501. The maximum Gasteiger partial charge on any atom is 0.239 e. The van der Waals surface area contributed by atoms with Crippen LogP contribution in [0.3, 0.4) is 0 Å². The second-order valence-electron chi connectivity index (χ2n) is 5.92. The van der Waals surface area contributed by atoms with Crippen LogP contribution >= 0.6 is 0 Å². The molecule has 130 valence electrons. The summed E-state index contributed by atoms with van der Waals surface area (Å²) in [6, 6.07) is 7.90. The SMILES string of the molecule is CCN(CC)CC(=O)Nc1cc2cc(-c3cn(C)nn3)ccc2cn1. The van der Waals surface area contributed by atoms with Gasteiger partial charge in [0.2, 0.25) is 5.91 Å². The van der Waals surface area contributed by atoms with Crippen molar-refractivity contribution in [3.63, 3.8) is 0 Å². The van der Waals surface area contributed by atoms with Crippen molar-refractivity contribution in [2.24, 2.45) is 7.05 Å². The third-order valence-electron chi connectivity index (χ3n) is 4.15. The number of carbonyl (C=O) groups excluding carboxylic acids is 1. The molecule has 0 bridgehead atoms. The summed E-state index contributed by atoms with van der Waals surface area (Å²) in [5.41, 5.74) is 1.79. The molecule has 0 spiro atoms. The summed E-state index contributed by atoms with van der Waals surface area (Å²) in [7, 11) is 1.84. The van der Waals surface area contributed by atoms with Crippen molar-refractivity contribution < 1.29 is 4.79 Å². The highest BCUT2D eigenvalue weighted by Crippen LogP contribution is 2.23. The van der Waals surface area contributed by atoms with Crippen molar-refractivity contribution in [3.8, 4) is 11.3 Å². The van der Waals surface area contributed by atoms with E-state index in [-0.39, 0.29) is 5.91 Å². The lowest BCUT2D eigenvalue weighted by molar-refractivity contribution is -0.117. The van der Waals surface area contributed by atoms with Crippen LogP contribution < -0.4 is 5.32 Å². The molecule has 7 nitrogen and oxygen atoms in total. The maximum absolute atomic E-state index is 12.2. The molecule has 3 rings (SSSR count). The molecule has 25 heavy (non-hydrogen) atoms. The number of aromatic nitrogens is 4. The van der Waals surface area contributed by atoms with Gasteiger partial charge in [-0.25, -0.2) is 4.98 Å². The molecule has 0 fully saturated rings. The highest BCUT2D eigenvalue weighted by atomic mass is 16.2. The van der Waals surface area contributed by atoms with Gasteiger partial charge in [0.15, 0.2) is 0 Å². The van der Waals surface area contributed by atoms with Crippen LogP contribution in [0, 0.1) is 0 Å². The predicted molar refractivity (Wildman–Crippen MR) is 98.2 cm³/mol. The van der Waals surface area contributed by atoms with Crippen molar-refractivity contribution in [1.82, 2.24) is 24.9 Å². The molecule has 3 aromatic rings. The average molecular weight is 338 g/mol. The van der Waals surface area contributed by atoms with Gasteiger partial charge < -0.3 is 5.32 Å². The van der Waals surface area contributed by atoms with Crippen LogP contribution in [0.15, 0.2) is 36.7 Å². The van der Waals surface area contributed by atoms with Crippen LogP contribution in [-0.4, -0.2) is 50.4 Å². The van der Waals surface area contributed by atoms with Gasteiger partial charge >= 0.3 is 0 Å². The topological polar surface area (TPSA) is 75.9 Å². The Labute approximate surface area is 146 Å². The fraction of sp³-hybridized carbons (Fsp3) is 0.333. The second kappa shape index (κ2) is 7.40. The van der Waals surface area contributed by atoms with Crippen LogP contribution in [0.4, 0.5) is 5.82 Å². The fourth-order valence-electron chi connectivity index (χ4n) is 2.68. The van der Waals surface area contributed by atoms with Gasteiger partial charge in [-0.1, -0.05) is 31.2 Å². The first-order chi connectivity index (χ1) is 12.1. The van der Waals surface area contributed by atoms with Crippen molar-refractivity contribution >= 4 is 22.5 Å². The Balaban J connectivity index is 1.82. The number of anilines is 1. The molecule has 2 aromatic heterocycles. The van der Waals surface area contributed by atoms with Crippen LogP contribution in [-0.2, 0) is 11.8 Å². The first-order valence-electron chi connectivity index (χ1n) is 8.37. The van der Waals surface area contributed by atoms with Gasteiger partial charge in [0.1, 0.15) is 11.5 Å². The van der Waals surface area contributed by atoms with E-state index in [0.717, 1.165) is 35.1 Å². The van der Waals surface area contributed by atoms with Gasteiger partial charge in [0.25, 0.3) is 0 Å². The predicted octanol–water partition coefficient (Wildman–Crippen LogP) is 2.31. The van der Waals surface area contributed by atoms with E-state index in [0.29, 0.717) is 12.4 Å². The lowest BCUT2D eigenvalue weighted by Gasteiger charge is -2.17. The van der Waals surface area contributed by atoms with Crippen LogP contribution in [0.2, 0.25) is 0 Å². The zero-order valence-electron chi connectivity index (χ0n) is 14.7. The molecule has 1 aromatic carbocycles. The molecule has 0 unspecified atom stereocenters. The number of pyridine rings is 1. The Morgan fingerprint density at radius 1 is 1.20 bits per heavy atom. The van der Waals surface area contributed by atoms with E-state index < -0.39 is 0 Å². The first-order valence-corrected chi connectivity index (χ1v) is 8.37. The van der Waals surface area contributed by atoms with Crippen molar-refractivity contribution in [2.75, 3.05) is 25.0 Å². The van der Waals surface area contributed by atoms with E-state index in [1.165, 1.54) is 0 Å². The Hall–Kier alpha value is -2.80. The minimum Gasteiger partial charge on any atom is -0.310 e. The molecular formula is C18H22N6O. The minimum absolute atomic E-state index is 0.0550. The summed E-state index contributed by atoms with van der Waals surface area (Å²) in [6.07, 6.45) is 3.64. The molecule has 0 aliphatic carbocycles. The summed E-state index contributed by atoms with van der Waals surface area (Å²) < 4.78 is 1.67. The quantitative estimate of drug-likeness (QED) is 0.746. The second-order valence-corrected chi connectivity index (χ2v) is 5.92. The number of hydrogen-bond donors (Lipinski definition) is 1. The van der Waals surface area contributed by atoms with Gasteiger partial charge in [-0.05, 0) is 30.6 Å². The van der Waals surface area contributed by atoms with E-state index in [1.807, 2.05) is 51.4 Å². The molecule has 0 saturated heterocycles. The molecule has 1 amide bonds. The Kier molecular flexibility index (Phi) is 5.04. The molecule has 0 aliphatic rings. The average Bonchev–Trinajstić information content (AvgIpc) is 3.05. The Bertz CT molecular complexity index is 884. The molecule has 0 saturated carbocycles. The number of fused-ring (bicyclic) bond motifs is 1. The molecule has 2 heterocycles. The molecule has 1 N–H and O–H groups in total. The summed E-state index contributed by atoms with van der Waals surface area (Å²) in [6.45, 7) is 6.14. The fourth-order valence-corrected chi connectivity index (χ4v) is 2.68. The molecule has 0 atom stereocenters. The highest BCUT2D eigenvalue weighted by Gasteiger charge is 2.09. The monoisotopic (exact) mass is 338 g/mol. The molecular weight excluding hydrogens is 316 g/mol. The number of nitrogens with one attached hydrogen (secondary N) is 1. The van der Waals surface area contributed by atoms with E-state index in [4.69, 9.17) is 0 Å². The zero-order valence-corrected chi connectivity index (χ0v) is 14.7. The van der Waals surface area contributed by atoms with E-state index >= 15 is 0 Å². The number of hydrogen-bond acceptors (Lipinski definition) is 5. The van der Waals surface area contributed by atoms with E-state index in [2.05, 4.69) is 25.5 Å². The van der Waals surface area contributed by atoms with Crippen LogP contribution in [0.1, 0.15) is 13.8 Å². The number of amides is 1. The van der Waals surface area contributed by atoms with Gasteiger partial charge in [0.05, 0.1) is 12.7 Å². The van der Waals surface area contributed by atoms with Crippen LogP contribution in [0.25, 0.3) is 22.0 Å². The summed E-state index contributed by atoms with van der Waals surface area (Å²) >= 11 is 0. The van der Waals surface area contributed by atoms with Gasteiger partial charge in [-0.3, -0.25) is 14.4 Å². The number of aryl methyl sites for hydroxylation is 1. The van der Waals surface area contributed by atoms with E-state index in [9.17, 15) is 4.79 Å². The third kappa shape index (κ3) is 4.00. The Morgan fingerprint density at radius 3 is 2.68 bits per heavy atom. The lowest BCUT2D eigenvalue weighted by atomic mass is 10.1. The largest absolute Gasteiger partial charge is 0.310 e. The number of rotatable bonds is 6. The number of likely N-dealkylation sites (N-methyl/N-ethyl adjacent to an activating group) is 1. The standard InChI is InChI=1S/C18H22N6O/c1-4-24(5-2)12-18(25)20-17-9-15-8-13(6-7-14(15)10-19-17)16-11-23(3)22-21-16/h6-11H,4-5,12H2,1-3H3,(H,19,20,25). The third-order valence-corrected chi connectivity index (χ3v) is 4.15. The van der Waals surface area contributed by atoms with Gasteiger partial charge in [-0.15, -0.1) is 5.10 Å². The Morgan fingerprint density at radius 2 is 2.00 bits per heavy atom. The molecule has 7 heteroatoms. The summed E-state index contributed by atoms with van der Waals surface area (Å²) in [5, 5.41) is 13.0. The summed E-state index contributed by atoms with van der Waals surface area (Å²) in [4.78, 5) is 18.5. The van der Waals surface area contributed by atoms with Crippen LogP contribution in [0.5, 0.6) is 0 Å². The molecule has 0 aliphatic heterocycles. The maximum atomic E-state index is 12.2.